The predicted octanol–water partition coefficient (Wildman–Crippen LogP) is 3.59. The van der Waals surface area contributed by atoms with Crippen molar-refractivity contribution in [2.24, 2.45) is 11.8 Å². The van der Waals surface area contributed by atoms with Crippen LogP contribution in [-0.2, 0) is 0 Å². The van der Waals surface area contributed by atoms with E-state index < -0.39 is 0 Å². The van der Waals surface area contributed by atoms with Crippen molar-refractivity contribution in [3.63, 3.8) is 0 Å². The Kier molecular flexibility index (Phi) is 5.26. The number of aryl methyl sites for hydroxylation is 1. The van der Waals surface area contributed by atoms with Gasteiger partial charge in [-0.15, -0.1) is 0 Å². The van der Waals surface area contributed by atoms with Crippen molar-refractivity contribution in [1.82, 2.24) is 5.43 Å². The third-order valence-electron chi connectivity index (χ3n) is 2.83. The Morgan fingerprint density at radius 2 is 2.00 bits per heavy atom. The Labute approximate surface area is 103 Å². The van der Waals surface area contributed by atoms with E-state index in [2.05, 4.69) is 19.3 Å². The van der Waals surface area contributed by atoms with Crippen LogP contribution in [0.25, 0.3) is 0 Å². The zero-order valence-electron chi connectivity index (χ0n) is 10.3. The minimum absolute atomic E-state index is 0.148. The molecule has 0 saturated carbocycles. The van der Waals surface area contributed by atoms with Crippen LogP contribution in [0.4, 0.5) is 0 Å². The molecular formula is C13H21ClN2. The van der Waals surface area contributed by atoms with Gasteiger partial charge in [0.15, 0.2) is 0 Å². The molecule has 0 heterocycles. The number of hydrogen-bond acceptors (Lipinski definition) is 2. The van der Waals surface area contributed by atoms with Gasteiger partial charge in [-0.05, 0) is 36.8 Å². The van der Waals surface area contributed by atoms with Gasteiger partial charge in [-0.3, -0.25) is 11.3 Å². The predicted molar refractivity (Wildman–Crippen MR) is 70.3 cm³/mol. The van der Waals surface area contributed by atoms with E-state index in [1.165, 1.54) is 0 Å². The maximum Gasteiger partial charge on any atom is 0.0483 e. The van der Waals surface area contributed by atoms with Crippen molar-refractivity contribution < 1.29 is 0 Å². The Morgan fingerprint density at radius 1 is 1.31 bits per heavy atom. The Balaban J connectivity index is 2.82. The SMILES string of the molecule is Cc1cccc(C(CCC(C)C)NN)c1Cl. The van der Waals surface area contributed by atoms with Crippen molar-refractivity contribution in [1.29, 1.82) is 0 Å². The molecule has 16 heavy (non-hydrogen) atoms. The Bertz CT molecular complexity index is 337. The standard InChI is InChI=1S/C13H21ClN2/c1-9(2)7-8-12(16-15)11-6-4-5-10(3)13(11)14/h4-6,9,12,16H,7-8,15H2,1-3H3. The number of hydrogen-bond donors (Lipinski definition) is 2. The highest BCUT2D eigenvalue weighted by Crippen LogP contribution is 2.29. The fourth-order valence-electron chi connectivity index (χ4n) is 1.77. The van der Waals surface area contributed by atoms with Crippen LogP contribution >= 0.6 is 11.6 Å². The zero-order valence-corrected chi connectivity index (χ0v) is 11.0. The van der Waals surface area contributed by atoms with Crippen LogP contribution in [0, 0.1) is 12.8 Å². The molecule has 3 heteroatoms. The highest BCUT2D eigenvalue weighted by molar-refractivity contribution is 6.32. The first kappa shape index (κ1) is 13.5. The molecule has 90 valence electrons. The Morgan fingerprint density at radius 3 is 2.56 bits per heavy atom. The van der Waals surface area contributed by atoms with Gasteiger partial charge in [-0.25, -0.2) is 0 Å². The molecule has 0 fully saturated rings. The lowest BCUT2D eigenvalue weighted by Crippen LogP contribution is -2.28. The van der Waals surface area contributed by atoms with E-state index >= 15 is 0 Å². The summed E-state index contributed by atoms with van der Waals surface area (Å²) < 4.78 is 0. The fraction of sp³-hybridized carbons (Fsp3) is 0.538. The first-order valence-corrected chi connectivity index (χ1v) is 6.15. The second-order valence-corrected chi connectivity index (χ2v) is 5.05. The molecule has 3 N–H and O–H groups in total. The van der Waals surface area contributed by atoms with Crippen molar-refractivity contribution in [2.45, 2.75) is 39.7 Å². The number of hydrazine groups is 1. The number of halogens is 1. The minimum Gasteiger partial charge on any atom is -0.271 e. The van der Waals surface area contributed by atoms with E-state index in [-0.39, 0.29) is 6.04 Å². The number of benzene rings is 1. The van der Waals surface area contributed by atoms with Gasteiger partial charge in [0.05, 0.1) is 0 Å². The van der Waals surface area contributed by atoms with E-state index in [0.717, 1.165) is 29.0 Å². The fourth-order valence-corrected chi connectivity index (χ4v) is 2.03. The van der Waals surface area contributed by atoms with E-state index in [1.54, 1.807) is 0 Å². The molecule has 1 aromatic carbocycles. The second kappa shape index (κ2) is 6.24. The molecule has 0 spiro atoms. The largest absolute Gasteiger partial charge is 0.271 e. The lowest BCUT2D eigenvalue weighted by molar-refractivity contribution is 0.448. The monoisotopic (exact) mass is 240 g/mol. The normalized spacial score (nSPS) is 13.1. The molecule has 0 saturated heterocycles. The molecule has 0 aliphatic carbocycles. The first-order valence-electron chi connectivity index (χ1n) is 5.77. The number of nitrogens with one attached hydrogen (secondary N) is 1. The molecule has 0 radical (unpaired) electrons. The molecule has 0 aliphatic rings. The average molecular weight is 241 g/mol. The van der Waals surface area contributed by atoms with Crippen LogP contribution in [0.2, 0.25) is 5.02 Å². The lowest BCUT2D eigenvalue weighted by Gasteiger charge is -2.19. The second-order valence-electron chi connectivity index (χ2n) is 4.67. The summed E-state index contributed by atoms with van der Waals surface area (Å²) in [7, 11) is 0. The van der Waals surface area contributed by atoms with E-state index in [1.807, 2.05) is 25.1 Å². The average Bonchev–Trinajstić information content (AvgIpc) is 2.24. The van der Waals surface area contributed by atoms with Crippen LogP contribution in [0.15, 0.2) is 18.2 Å². The molecule has 1 unspecified atom stereocenters. The van der Waals surface area contributed by atoms with Crippen molar-refractivity contribution in [3.05, 3.63) is 34.3 Å². The summed E-state index contributed by atoms with van der Waals surface area (Å²) in [5, 5.41) is 0.828. The maximum absolute atomic E-state index is 6.29. The molecule has 0 aliphatic heterocycles. The minimum atomic E-state index is 0.148. The summed E-state index contributed by atoms with van der Waals surface area (Å²) in [6.07, 6.45) is 2.15. The maximum atomic E-state index is 6.29. The third kappa shape index (κ3) is 3.48. The molecule has 0 bridgehead atoms. The van der Waals surface area contributed by atoms with Crippen LogP contribution in [-0.4, -0.2) is 0 Å². The molecule has 1 rings (SSSR count). The van der Waals surface area contributed by atoms with E-state index in [9.17, 15) is 0 Å². The summed E-state index contributed by atoms with van der Waals surface area (Å²) in [6.45, 7) is 6.44. The van der Waals surface area contributed by atoms with Gasteiger partial charge >= 0.3 is 0 Å². The summed E-state index contributed by atoms with van der Waals surface area (Å²) in [6, 6.07) is 6.23. The van der Waals surface area contributed by atoms with E-state index in [4.69, 9.17) is 17.4 Å². The summed E-state index contributed by atoms with van der Waals surface area (Å²) >= 11 is 6.29. The van der Waals surface area contributed by atoms with Crippen LogP contribution in [0.5, 0.6) is 0 Å². The van der Waals surface area contributed by atoms with Crippen LogP contribution in [0.1, 0.15) is 43.9 Å². The van der Waals surface area contributed by atoms with E-state index in [0.29, 0.717) is 5.92 Å². The van der Waals surface area contributed by atoms with Gasteiger partial charge < -0.3 is 0 Å². The summed E-state index contributed by atoms with van der Waals surface area (Å²) in [5.74, 6) is 6.28. The highest BCUT2D eigenvalue weighted by atomic mass is 35.5. The summed E-state index contributed by atoms with van der Waals surface area (Å²) in [4.78, 5) is 0. The van der Waals surface area contributed by atoms with Gasteiger partial charge in [0, 0.05) is 11.1 Å². The van der Waals surface area contributed by atoms with Gasteiger partial charge in [0.1, 0.15) is 0 Å². The highest BCUT2D eigenvalue weighted by Gasteiger charge is 2.14. The number of nitrogens with two attached hydrogens (primary N) is 1. The topological polar surface area (TPSA) is 38.0 Å². The molecular weight excluding hydrogens is 220 g/mol. The van der Waals surface area contributed by atoms with Crippen LogP contribution < -0.4 is 11.3 Å². The smallest absolute Gasteiger partial charge is 0.0483 e. The first-order chi connectivity index (χ1) is 7.56. The van der Waals surface area contributed by atoms with Gasteiger partial charge in [0.25, 0.3) is 0 Å². The molecule has 1 aromatic rings. The van der Waals surface area contributed by atoms with Gasteiger partial charge in [0.2, 0.25) is 0 Å². The van der Waals surface area contributed by atoms with Gasteiger partial charge in [-0.1, -0.05) is 43.6 Å². The molecule has 2 nitrogen and oxygen atoms in total. The van der Waals surface area contributed by atoms with Gasteiger partial charge in [-0.2, -0.15) is 0 Å². The Hall–Kier alpha value is -0.570. The van der Waals surface area contributed by atoms with Crippen molar-refractivity contribution in [3.8, 4) is 0 Å². The third-order valence-corrected chi connectivity index (χ3v) is 3.35. The zero-order chi connectivity index (χ0) is 12.1. The molecule has 0 amide bonds. The quantitative estimate of drug-likeness (QED) is 0.610. The van der Waals surface area contributed by atoms with Crippen molar-refractivity contribution in [2.75, 3.05) is 0 Å². The molecule has 1 atom stereocenters. The van der Waals surface area contributed by atoms with Crippen molar-refractivity contribution >= 4 is 11.6 Å². The lowest BCUT2D eigenvalue weighted by atomic mass is 9.97. The molecule has 0 aromatic heterocycles. The van der Waals surface area contributed by atoms with Crippen LogP contribution in [0.3, 0.4) is 0 Å². The number of rotatable bonds is 5. The summed E-state index contributed by atoms with van der Waals surface area (Å²) in [5.41, 5.74) is 5.06.